The zero-order chi connectivity index (χ0) is 26.8. The summed E-state index contributed by atoms with van der Waals surface area (Å²) in [5, 5.41) is 27.6. The molecule has 5 atom stereocenters. The number of carbonyl (C=O) groups is 4. The third-order valence-electron chi connectivity index (χ3n) is 5.87. The molecule has 0 saturated heterocycles. The molecule has 0 bridgehead atoms. The molecule has 2 rings (SSSR count). The van der Waals surface area contributed by atoms with Crippen molar-refractivity contribution in [2.24, 2.45) is 11.5 Å². The maximum Gasteiger partial charge on any atom is 0.326 e. The minimum atomic E-state index is -1.23. The van der Waals surface area contributed by atoms with Crippen molar-refractivity contribution in [2.45, 2.75) is 69.8 Å². The number of amides is 3. The van der Waals surface area contributed by atoms with Gasteiger partial charge < -0.3 is 42.6 Å². The van der Waals surface area contributed by atoms with Crippen LogP contribution in [0, 0.1) is 0 Å². The van der Waals surface area contributed by atoms with Crippen molar-refractivity contribution in [3.63, 3.8) is 0 Å². The highest BCUT2D eigenvalue weighted by Gasteiger charge is 2.29. The number of nitrogens with two attached hydrogens (primary N) is 2. The Balaban J connectivity index is 2.10. The number of unbranched alkanes of at least 4 members (excludes halogenated alkanes) is 1. The second kappa shape index (κ2) is 13.6. The van der Waals surface area contributed by atoms with Crippen LogP contribution in [0.5, 0.6) is 0 Å². The Hall–Kier alpha value is -3.48. The van der Waals surface area contributed by atoms with Crippen molar-refractivity contribution >= 4 is 34.6 Å². The van der Waals surface area contributed by atoms with Crippen LogP contribution >= 0.6 is 0 Å². The molecule has 3 amide bonds. The molecular formula is C24H36N6O6. The van der Waals surface area contributed by atoms with Gasteiger partial charge in [-0.3, -0.25) is 14.4 Å². The number of carbonyl (C=O) groups excluding carboxylic acids is 3. The zero-order valence-corrected chi connectivity index (χ0v) is 20.5. The topological polar surface area (TPSA) is 213 Å². The van der Waals surface area contributed by atoms with Crippen LogP contribution in [0.25, 0.3) is 10.9 Å². The van der Waals surface area contributed by atoms with Crippen LogP contribution in [0.2, 0.25) is 0 Å². The van der Waals surface area contributed by atoms with E-state index in [0.29, 0.717) is 19.4 Å². The molecule has 0 saturated carbocycles. The monoisotopic (exact) mass is 504 g/mol. The van der Waals surface area contributed by atoms with E-state index in [9.17, 15) is 29.4 Å². The van der Waals surface area contributed by atoms with Crippen molar-refractivity contribution in [1.82, 2.24) is 20.9 Å². The van der Waals surface area contributed by atoms with Gasteiger partial charge in [-0.1, -0.05) is 18.2 Å². The third-order valence-corrected chi connectivity index (χ3v) is 5.87. The highest BCUT2D eigenvalue weighted by Crippen LogP contribution is 2.19. The molecule has 12 heteroatoms. The predicted octanol–water partition coefficient (Wildman–Crippen LogP) is -0.894. The smallest absolute Gasteiger partial charge is 0.326 e. The second-order valence-corrected chi connectivity index (χ2v) is 8.81. The lowest BCUT2D eigenvalue weighted by molar-refractivity contribution is -0.142. The van der Waals surface area contributed by atoms with Crippen molar-refractivity contribution < 1.29 is 29.4 Å². The Bertz CT molecular complexity index is 1050. The van der Waals surface area contributed by atoms with Gasteiger partial charge in [0.15, 0.2) is 0 Å². The number of aromatic nitrogens is 1. The predicted molar refractivity (Wildman–Crippen MR) is 134 cm³/mol. The number of aromatic amines is 1. The molecule has 0 radical (unpaired) electrons. The number of aliphatic hydroxyl groups is 1. The minimum absolute atomic E-state index is 0.0399. The lowest BCUT2D eigenvalue weighted by Gasteiger charge is -2.24. The summed E-state index contributed by atoms with van der Waals surface area (Å²) in [5.74, 6) is -3.25. The van der Waals surface area contributed by atoms with Gasteiger partial charge in [0.25, 0.3) is 0 Å². The Morgan fingerprint density at radius 3 is 2.28 bits per heavy atom. The number of hydrogen-bond donors (Lipinski definition) is 8. The molecule has 12 nitrogen and oxygen atoms in total. The van der Waals surface area contributed by atoms with Crippen LogP contribution < -0.4 is 27.4 Å². The van der Waals surface area contributed by atoms with Crippen molar-refractivity contribution in [2.75, 3.05) is 6.54 Å². The van der Waals surface area contributed by atoms with Crippen LogP contribution in [0.3, 0.4) is 0 Å². The number of carboxylic acid groups (broad SMARTS) is 1. The maximum atomic E-state index is 13.1. The molecular weight excluding hydrogens is 468 g/mol. The summed E-state index contributed by atoms with van der Waals surface area (Å²) in [6, 6.07) is 2.88. The first-order valence-corrected chi connectivity index (χ1v) is 11.9. The number of benzene rings is 1. The first-order valence-electron chi connectivity index (χ1n) is 11.9. The van der Waals surface area contributed by atoms with E-state index in [0.717, 1.165) is 16.5 Å². The lowest BCUT2D eigenvalue weighted by Crippen LogP contribution is -2.57. The van der Waals surface area contributed by atoms with Gasteiger partial charge in [0.2, 0.25) is 17.7 Å². The number of carboxylic acids is 1. The summed E-state index contributed by atoms with van der Waals surface area (Å²) in [5.41, 5.74) is 12.7. The molecule has 0 aliphatic heterocycles. The number of nitrogens with one attached hydrogen (secondary N) is 4. The van der Waals surface area contributed by atoms with Crippen molar-refractivity contribution in [3.8, 4) is 0 Å². The SMILES string of the molecule is CC(NC(=O)C(N)C(C)O)C(=O)NC(CCCCN)C(=O)NC(Cc1c[nH]c2ccccc12)C(=O)O. The number of fused-ring (bicyclic) bond motifs is 1. The Morgan fingerprint density at radius 2 is 1.64 bits per heavy atom. The summed E-state index contributed by atoms with van der Waals surface area (Å²) in [6.45, 7) is 3.15. The van der Waals surface area contributed by atoms with Gasteiger partial charge in [-0.25, -0.2) is 4.79 Å². The van der Waals surface area contributed by atoms with Gasteiger partial charge in [-0.2, -0.15) is 0 Å². The number of rotatable bonds is 14. The van der Waals surface area contributed by atoms with Gasteiger partial charge >= 0.3 is 5.97 Å². The van der Waals surface area contributed by atoms with E-state index in [1.807, 2.05) is 24.3 Å². The third kappa shape index (κ3) is 8.04. The summed E-state index contributed by atoms with van der Waals surface area (Å²) in [7, 11) is 0. The molecule has 1 aromatic heterocycles. The largest absolute Gasteiger partial charge is 0.480 e. The standard InChI is InChI=1S/C24H36N6O6/c1-13(28-23(34)20(26)14(2)31)21(32)29-18(9-5-6-10-25)22(33)30-19(24(35)36)11-15-12-27-17-8-4-3-7-16(15)17/h3-4,7-8,12-14,18-20,27,31H,5-6,9-11,25-26H2,1-2H3,(H,28,34)(H,29,32)(H,30,33)(H,35,36). The van der Waals surface area contributed by atoms with Gasteiger partial charge in [0, 0.05) is 23.5 Å². The fraction of sp³-hybridized carbons (Fsp3) is 0.500. The molecule has 0 aliphatic rings. The first-order chi connectivity index (χ1) is 17.0. The molecule has 36 heavy (non-hydrogen) atoms. The molecule has 1 heterocycles. The summed E-state index contributed by atoms with van der Waals surface area (Å²) >= 11 is 0. The van der Waals surface area contributed by atoms with E-state index < -0.39 is 54.0 Å². The fourth-order valence-corrected chi connectivity index (χ4v) is 3.65. The molecule has 0 aliphatic carbocycles. The van der Waals surface area contributed by atoms with Gasteiger partial charge in [0.05, 0.1) is 6.10 Å². The van der Waals surface area contributed by atoms with Crippen LogP contribution in [0.15, 0.2) is 30.5 Å². The molecule has 198 valence electrons. The number of aliphatic carboxylic acids is 1. The molecule has 2 aromatic rings. The van der Waals surface area contributed by atoms with E-state index in [1.54, 1.807) is 6.20 Å². The molecule has 1 aromatic carbocycles. The Morgan fingerprint density at radius 1 is 0.972 bits per heavy atom. The van der Waals surface area contributed by atoms with Gasteiger partial charge in [-0.15, -0.1) is 0 Å². The summed E-state index contributed by atoms with van der Waals surface area (Å²) < 4.78 is 0. The molecule has 0 spiro atoms. The van der Waals surface area contributed by atoms with Crippen LogP contribution in [0.1, 0.15) is 38.7 Å². The van der Waals surface area contributed by atoms with E-state index >= 15 is 0 Å². The van der Waals surface area contributed by atoms with E-state index in [4.69, 9.17) is 11.5 Å². The summed E-state index contributed by atoms with van der Waals surface area (Å²) in [4.78, 5) is 52.8. The first kappa shape index (κ1) is 28.8. The van der Waals surface area contributed by atoms with E-state index in [-0.39, 0.29) is 12.8 Å². The Labute approximate surface area is 209 Å². The lowest BCUT2D eigenvalue weighted by atomic mass is 10.0. The van der Waals surface area contributed by atoms with Crippen molar-refractivity contribution in [1.29, 1.82) is 0 Å². The van der Waals surface area contributed by atoms with Crippen LogP contribution in [-0.2, 0) is 25.6 Å². The average molecular weight is 505 g/mol. The number of aliphatic hydroxyl groups excluding tert-OH is 1. The maximum absolute atomic E-state index is 13.1. The highest BCUT2D eigenvalue weighted by molar-refractivity contribution is 5.94. The normalized spacial score (nSPS) is 15.4. The van der Waals surface area contributed by atoms with E-state index in [1.165, 1.54) is 13.8 Å². The van der Waals surface area contributed by atoms with Crippen LogP contribution in [-0.4, -0.2) is 75.7 Å². The number of hydrogen-bond acceptors (Lipinski definition) is 7. The molecule has 5 unspecified atom stereocenters. The van der Waals surface area contributed by atoms with Crippen molar-refractivity contribution in [3.05, 3.63) is 36.0 Å². The fourth-order valence-electron chi connectivity index (χ4n) is 3.65. The molecule has 10 N–H and O–H groups in total. The highest BCUT2D eigenvalue weighted by atomic mass is 16.4. The van der Waals surface area contributed by atoms with Crippen LogP contribution in [0.4, 0.5) is 0 Å². The minimum Gasteiger partial charge on any atom is -0.480 e. The summed E-state index contributed by atoms with van der Waals surface area (Å²) in [6.07, 6.45) is 1.98. The van der Waals surface area contributed by atoms with Gasteiger partial charge in [0.1, 0.15) is 24.2 Å². The quantitative estimate of drug-likeness (QED) is 0.151. The van der Waals surface area contributed by atoms with E-state index in [2.05, 4.69) is 20.9 Å². The average Bonchev–Trinajstić information content (AvgIpc) is 3.24. The Kier molecular flexibility index (Phi) is 10.8. The second-order valence-electron chi connectivity index (χ2n) is 8.81. The number of para-hydroxylation sites is 1. The molecule has 0 fully saturated rings. The van der Waals surface area contributed by atoms with Gasteiger partial charge in [-0.05, 0) is 51.3 Å². The zero-order valence-electron chi connectivity index (χ0n) is 20.5. The number of H-pyrrole nitrogens is 1.